The van der Waals surface area contributed by atoms with Crippen molar-refractivity contribution in [2.45, 2.75) is 39.7 Å². The van der Waals surface area contributed by atoms with Gasteiger partial charge in [0.2, 0.25) is 0 Å². The van der Waals surface area contributed by atoms with Gasteiger partial charge in [0.05, 0.1) is 17.1 Å². The molecule has 98 valence electrons. The van der Waals surface area contributed by atoms with Gasteiger partial charge >= 0.3 is 0 Å². The molecule has 2 rings (SSSR count). The molecule has 2 aromatic rings. The van der Waals surface area contributed by atoms with Gasteiger partial charge in [0, 0.05) is 0 Å². The van der Waals surface area contributed by atoms with E-state index in [1.165, 1.54) is 12.8 Å². The average Bonchev–Trinajstić information content (AvgIpc) is 2.80. The molecular weight excluding hydrogens is 222 g/mol. The van der Waals surface area contributed by atoms with Crippen LogP contribution in [-0.4, -0.2) is 16.5 Å². The number of imidazole rings is 1. The molecule has 1 aromatic heterocycles. The number of fused-ring (bicyclic) bond motifs is 1. The fraction of sp³-hybridized carbons (Fsp3) is 0.533. The summed E-state index contributed by atoms with van der Waals surface area (Å²) in [4.78, 5) is 8.00. The van der Waals surface area contributed by atoms with Crippen LogP contribution in [0.25, 0.3) is 11.0 Å². The minimum Gasteiger partial charge on any atom is -0.341 e. The number of nitrogens with zero attached hydrogens (tertiary/aromatic N) is 1. The molecule has 1 heterocycles. The van der Waals surface area contributed by atoms with Gasteiger partial charge in [-0.25, -0.2) is 4.98 Å². The SMILES string of the molecule is CCCC(C)CNC(C)c1nc2ccccc2[nH]1. The molecule has 0 aliphatic rings. The van der Waals surface area contributed by atoms with E-state index in [9.17, 15) is 0 Å². The summed E-state index contributed by atoms with van der Waals surface area (Å²) in [6, 6.07) is 8.44. The van der Waals surface area contributed by atoms with Crippen LogP contribution in [0, 0.1) is 5.92 Å². The zero-order valence-corrected chi connectivity index (χ0v) is 11.5. The average molecular weight is 245 g/mol. The molecule has 0 spiro atoms. The molecule has 0 bridgehead atoms. The predicted molar refractivity (Wildman–Crippen MR) is 76.6 cm³/mol. The van der Waals surface area contributed by atoms with Gasteiger partial charge in [0.25, 0.3) is 0 Å². The fourth-order valence-corrected chi connectivity index (χ4v) is 2.25. The van der Waals surface area contributed by atoms with E-state index in [0.29, 0.717) is 0 Å². The Morgan fingerprint density at radius 1 is 1.28 bits per heavy atom. The lowest BCUT2D eigenvalue weighted by molar-refractivity contribution is 0.437. The summed E-state index contributed by atoms with van der Waals surface area (Å²) < 4.78 is 0. The maximum atomic E-state index is 4.62. The van der Waals surface area contributed by atoms with E-state index in [2.05, 4.69) is 42.1 Å². The van der Waals surface area contributed by atoms with Crippen LogP contribution in [0.1, 0.15) is 45.5 Å². The molecule has 0 fully saturated rings. The van der Waals surface area contributed by atoms with Crippen molar-refractivity contribution in [2.75, 3.05) is 6.54 Å². The first-order valence-electron chi connectivity index (χ1n) is 6.88. The van der Waals surface area contributed by atoms with Crippen molar-refractivity contribution in [3.05, 3.63) is 30.1 Å². The fourth-order valence-electron chi connectivity index (χ4n) is 2.25. The third-order valence-corrected chi connectivity index (χ3v) is 3.37. The van der Waals surface area contributed by atoms with Gasteiger partial charge < -0.3 is 10.3 Å². The van der Waals surface area contributed by atoms with Crippen molar-refractivity contribution in [3.8, 4) is 0 Å². The van der Waals surface area contributed by atoms with Gasteiger partial charge in [-0.05, 0) is 37.9 Å². The number of benzene rings is 1. The van der Waals surface area contributed by atoms with E-state index < -0.39 is 0 Å². The van der Waals surface area contributed by atoms with Crippen LogP contribution in [0.15, 0.2) is 24.3 Å². The van der Waals surface area contributed by atoms with Gasteiger partial charge in [-0.1, -0.05) is 32.4 Å². The second-order valence-electron chi connectivity index (χ2n) is 5.16. The van der Waals surface area contributed by atoms with E-state index in [-0.39, 0.29) is 6.04 Å². The molecule has 0 aliphatic carbocycles. The van der Waals surface area contributed by atoms with Crippen molar-refractivity contribution < 1.29 is 0 Å². The van der Waals surface area contributed by atoms with Crippen molar-refractivity contribution >= 4 is 11.0 Å². The maximum Gasteiger partial charge on any atom is 0.124 e. The molecule has 18 heavy (non-hydrogen) atoms. The smallest absolute Gasteiger partial charge is 0.124 e. The first-order valence-corrected chi connectivity index (χ1v) is 6.88. The summed E-state index contributed by atoms with van der Waals surface area (Å²) in [5, 5.41) is 3.55. The van der Waals surface area contributed by atoms with Crippen molar-refractivity contribution in [3.63, 3.8) is 0 Å². The van der Waals surface area contributed by atoms with Crippen LogP contribution in [-0.2, 0) is 0 Å². The minimum absolute atomic E-state index is 0.275. The zero-order chi connectivity index (χ0) is 13.0. The van der Waals surface area contributed by atoms with Crippen LogP contribution < -0.4 is 5.32 Å². The largest absolute Gasteiger partial charge is 0.341 e. The van der Waals surface area contributed by atoms with E-state index in [4.69, 9.17) is 0 Å². The Balaban J connectivity index is 1.98. The lowest BCUT2D eigenvalue weighted by Crippen LogP contribution is -2.25. The third-order valence-electron chi connectivity index (χ3n) is 3.37. The van der Waals surface area contributed by atoms with Gasteiger partial charge in [0.15, 0.2) is 0 Å². The standard InChI is InChI=1S/C15H23N3/c1-4-7-11(2)10-16-12(3)15-17-13-8-5-6-9-14(13)18-15/h5-6,8-9,11-12,16H,4,7,10H2,1-3H3,(H,17,18). The quantitative estimate of drug-likeness (QED) is 0.815. The summed E-state index contributed by atoms with van der Waals surface area (Å²) in [5.41, 5.74) is 2.16. The first kappa shape index (κ1) is 13.1. The van der Waals surface area contributed by atoms with E-state index in [1.807, 2.05) is 18.2 Å². The topological polar surface area (TPSA) is 40.7 Å². The molecule has 0 radical (unpaired) electrons. The number of aromatic amines is 1. The Morgan fingerprint density at radius 2 is 2.06 bits per heavy atom. The molecule has 1 aromatic carbocycles. The highest BCUT2D eigenvalue weighted by atomic mass is 15.0. The summed E-state index contributed by atoms with van der Waals surface area (Å²) in [7, 11) is 0. The predicted octanol–water partition coefficient (Wildman–Crippen LogP) is 3.65. The number of hydrogen-bond donors (Lipinski definition) is 2. The van der Waals surface area contributed by atoms with Gasteiger partial charge in [-0.3, -0.25) is 0 Å². The lowest BCUT2D eigenvalue weighted by atomic mass is 10.1. The number of rotatable bonds is 6. The van der Waals surface area contributed by atoms with E-state index in [0.717, 1.165) is 29.3 Å². The maximum absolute atomic E-state index is 4.62. The molecule has 0 saturated carbocycles. The number of H-pyrrole nitrogens is 1. The zero-order valence-electron chi connectivity index (χ0n) is 11.5. The Hall–Kier alpha value is -1.35. The Labute approximate surface area is 109 Å². The summed E-state index contributed by atoms with van der Waals surface area (Å²) >= 11 is 0. The Kier molecular flexibility index (Phi) is 4.37. The van der Waals surface area contributed by atoms with Crippen LogP contribution in [0.2, 0.25) is 0 Å². The molecule has 0 saturated heterocycles. The van der Waals surface area contributed by atoms with Gasteiger partial charge in [-0.2, -0.15) is 0 Å². The molecule has 2 atom stereocenters. The Morgan fingerprint density at radius 3 is 2.78 bits per heavy atom. The Bertz CT molecular complexity index is 456. The lowest BCUT2D eigenvalue weighted by Gasteiger charge is -2.15. The molecule has 3 heteroatoms. The highest BCUT2D eigenvalue weighted by Crippen LogP contribution is 2.16. The van der Waals surface area contributed by atoms with Crippen LogP contribution in [0.4, 0.5) is 0 Å². The first-order chi connectivity index (χ1) is 8.70. The van der Waals surface area contributed by atoms with Gasteiger partial charge in [-0.15, -0.1) is 0 Å². The van der Waals surface area contributed by atoms with E-state index in [1.54, 1.807) is 0 Å². The highest BCUT2D eigenvalue weighted by molar-refractivity contribution is 5.74. The molecule has 2 N–H and O–H groups in total. The van der Waals surface area contributed by atoms with Crippen molar-refractivity contribution in [1.82, 2.24) is 15.3 Å². The summed E-state index contributed by atoms with van der Waals surface area (Å²) in [6.07, 6.45) is 2.53. The summed E-state index contributed by atoms with van der Waals surface area (Å²) in [6.45, 7) is 7.74. The molecule has 3 nitrogen and oxygen atoms in total. The summed E-state index contributed by atoms with van der Waals surface area (Å²) in [5.74, 6) is 1.75. The van der Waals surface area contributed by atoms with Crippen LogP contribution in [0.3, 0.4) is 0 Å². The number of para-hydroxylation sites is 2. The molecular formula is C15H23N3. The van der Waals surface area contributed by atoms with Crippen LogP contribution in [0.5, 0.6) is 0 Å². The number of nitrogens with one attached hydrogen (secondary N) is 2. The normalized spacial score (nSPS) is 14.8. The van der Waals surface area contributed by atoms with Gasteiger partial charge in [0.1, 0.15) is 5.82 Å². The molecule has 2 unspecified atom stereocenters. The molecule has 0 amide bonds. The van der Waals surface area contributed by atoms with Crippen molar-refractivity contribution in [1.29, 1.82) is 0 Å². The second-order valence-corrected chi connectivity index (χ2v) is 5.16. The van der Waals surface area contributed by atoms with Crippen molar-refractivity contribution in [2.24, 2.45) is 5.92 Å². The monoisotopic (exact) mass is 245 g/mol. The number of hydrogen-bond acceptors (Lipinski definition) is 2. The van der Waals surface area contributed by atoms with Crippen LogP contribution >= 0.6 is 0 Å². The second kappa shape index (κ2) is 6.01. The number of aromatic nitrogens is 2. The van der Waals surface area contributed by atoms with E-state index >= 15 is 0 Å². The molecule has 0 aliphatic heterocycles. The highest BCUT2D eigenvalue weighted by Gasteiger charge is 2.11. The third kappa shape index (κ3) is 3.10. The minimum atomic E-state index is 0.275.